The molecule has 0 radical (unpaired) electrons. The molecule has 6 nitrogen and oxygen atoms in total. The number of nitrogens with zero attached hydrogens (tertiary/aromatic N) is 3. The van der Waals surface area contributed by atoms with E-state index in [1.807, 2.05) is 36.4 Å². The Balaban J connectivity index is 1.64. The minimum atomic E-state index is -0.248. The second-order valence-corrected chi connectivity index (χ2v) is 7.34. The zero-order valence-electron chi connectivity index (χ0n) is 15.3. The number of nitrogens with one attached hydrogen (secondary N) is 1. The van der Waals surface area contributed by atoms with Crippen LogP contribution in [0.25, 0.3) is 11.0 Å². The van der Waals surface area contributed by atoms with Gasteiger partial charge in [-0.25, -0.2) is 4.98 Å². The molecular weight excluding hydrogens is 455 g/mol. The van der Waals surface area contributed by atoms with E-state index in [0.717, 1.165) is 27.0 Å². The second kappa shape index (κ2) is 8.51. The highest BCUT2D eigenvalue weighted by Crippen LogP contribution is 2.17. The first-order valence-electron chi connectivity index (χ1n) is 8.72. The summed E-state index contributed by atoms with van der Waals surface area (Å²) in [6.07, 6.45) is 0. The maximum atomic E-state index is 12.5. The van der Waals surface area contributed by atoms with Crippen molar-refractivity contribution >= 4 is 45.4 Å². The molecule has 1 N–H and O–H groups in total. The van der Waals surface area contributed by atoms with Gasteiger partial charge in [-0.05, 0) is 53.8 Å². The van der Waals surface area contributed by atoms with Gasteiger partial charge in [0, 0.05) is 17.2 Å². The van der Waals surface area contributed by atoms with Crippen LogP contribution in [0.1, 0.15) is 23.1 Å². The van der Waals surface area contributed by atoms with Crippen molar-refractivity contribution in [3.05, 3.63) is 63.5 Å². The maximum absolute atomic E-state index is 12.5. The number of rotatable bonds is 6. The molecule has 0 unspecified atom stereocenters. The van der Waals surface area contributed by atoms with Gasteiger partial charge in [0.05, 0.1) is 29.7 Å². The quantitative estimate of drug-likeness (QED) is 0.557. The SMILES string of the molecule is CCn1c(CN(C)C(=O)CNC(=O)c2ccccc2I)nc2ccccc21. The van der Waals surface area contributed by atoms with Gasteiger partial charge in [0.15, 0.2) is 0 Å². The van der Waals surface area contributed by atoms with Crippen molar-refractivity contribution < 1.29 is 9.59 Å². The Bertz CT molecular complexity index is 983. The molecular formula is C20H21IN4O2. The molecule has 0 aliphatic carbocycles. The number of aryl methyl sites for hydroxylation is 1. The molecule has 0 atom stereocenters. The summed E-state index contributed by atoms with van der Waals surface area (Å²) in [6.45, 7) is 3.18. The van der Waals surface area contributed by atoms with E-state index in [2.05, 4.69) is 44.4 Å². The van der Waals surface area contributed by atoms with Gasteiger partial charge in [0.2, 0.25) is 5.91 Å². The zero-order valence-corrected chi connectivity index (χ0v) is 17.4. The lowest BCUT2D eigenvalue weighted by Gasteiger charge is -2.18. The number of hydrogen-bond acceptors (Lipinski definition) is 3. The van der Waals surface area contributed by atoms with Gasteiger partial charge in [0.25, 0.3) is 5.91 Å². The molecule has 1 heterocycles. The van der Waals surface area contributed by atoms with Crippen LogP contribution in [0.3, 0.4) is 0 Å². The molecule has 0 saturated carbocycles. The average molecular weight is 476 g/mol. The van der Waals surface area contributed by atoms with Crippen LogP contribution < -0.4 is 5.32 Å². The van der Waals surface area contributed by atoms with Gasteiger partial charge in [-0.15, -0.1) is 0 Å². The largest absolute Gasteiger partial charge is 0.343 e. The maximum Gasteiger partial charge on any atom is 0.252 e. The van der Waals surface area contributed by atoms with Crippen molar-refractivity contribution in [2.45, 2.75) is 20.0 Å². The number of halogens is 1. The van der Waals surface area contributed by atoms with Gasteiger partial charge < -0.3 is 14.8 Å². The minimum absolute atomic E-state index is 0.0489. The summed E-state index contributed by atoms with van der Waals surface area (Å²) in [4.78, 5) is 30.9. The smallest absolute Gasteiger partial charge is 0.252 e. The first-order valence-corrected chi connectivity index (χ1v) is 9.80. The number of amides is 2. The van der Waals surface area contributed by atoms with Crippen LogP contribution in [0.2, 0.25) is 0 Å². The van der Waals surface area contributed by atoms with Crippen molar-refractivity contribution in [1.82, 2.24) is 19.8 Å². The van der Waals surface area contributed by atoms with E-state index in [9.17, 15) is 9.59 Å². The van der Waals surface area contributed by atoms with Gasteiger partial charge >= 0.3 is 0 Å². The number of likely N-dealkylation sites (N-methyl/N-ethyl adjacent to an activating group) is 1. The average Bonchev–Trinajstić information content (AvgIpc) is 3.03. The van der Waals surface area contributed by atoms with E-state index in [1.165, 1.54) is 0 Å². The lowest BCUT2D eigenvalue weighted by atomic mass is 10.2. The predicted octanol–water partition coefficient (Wildman–Crippen LogP) is 3.05. The zero-order chi connectivity index (χ0) is 19.4. The fourth-order valence-electron chi connectivity index (χ4n) is 2.93. The van der Waals surface area contributed by atoms with Crippen molar-refractivity contribution in [2.24, 2.45) is 0 Å². The monoisotopic (exact) mass is 476 g/mol. The van der Waals surface area contributed by atoms with Gasteiger partial charge in [0.1, 0.15) is 5.82 Å². The van der Waals surface area contributed by atoms with Gasteiger partial charge in [-0.2, -0.15) is 0 Å². The highest BCUT2D eigenvalue weighted by atomic mass is 127. The number of para-hydroxylation sites is 2. The number of hydrogen-bond donors (Lipinski definition) is 1. The van der Waals surface area contributed by atoms with Crippen molar-refractivity contribution in [3.8, 4) is 0 Å². The normalized spacial score (nSPS) is 10.8. The first kappa shape index (κ1) is 19.3. The van der Waals surface area contributed by atoms with Crippen molar-refractivity contribution in [2.75, 3.05) is 13.6 Å². The van der Waals surface area contributed by atoms with Crippen LogP contribution in [0, 0.1) is 3.57 Å². The fourth-order valence-corrected chi connectivity index (χ4v) is 3.56. The molecule has 0 aliphatic heterocycles. The van der Waals surface area contributed by atoms with Crippen LogP contribution >= 0.6 is 22.6 Å². The van der Waals surface area contributed by atoms with Crippen molar-refractivity contribution in [3.63, 3.8) is 0 Å². The number of carbonyl (C=O) groups excluding carboxylic acids is 2. The van der Waals surface area contributed by atoms with E-state index >= 15 is 0 Å². The molecule has 140 valence electrons. The Hall–Kier alpha value is -2.42. The summed E-state index contributed by atoms with van der Waals surface area (Å²) in [5.74, 6) is 0.421. The van der Waals surface area contributed by atoms with Crippen LogP contribution in [0.4, 0.5) is 0 Å². The molecule has 0 fully saturated rings. The van der Waals surface area contributed by atoms with Crippen LogP contribution in [0.5, 0.6) is 0 Å². The summed E-state index contributed by atoms with van der Waals surface area (Å²) in [5, 5.41) is 2.70. The number of benzene rings is 2. The number of carbonyl (C=O) groups is 2. The molecule has 7 heteroatoms. The molecule has 0 bridgehead atoms. The second-order valence-electron chi connectivity index (χ2n) is 6.17. The fraction of sp³-hybridized carbons (Fsp3) is 0.250. The van der Waals surface area contributed by atoms with E-state index in [1.54, 1.807) is 24.1 Å². The predicted molar refractivity (Wildman–Crippen MR) is 113 cm³/mol. The van der Waals surface area contributed by atoms with Crippen LogP contribution in [-0.2, 0) is 17.9 Å². The Morgan fingerprint density at radius 2 is 1.85 bits per heavy atom. The lowest BCUT2D eigenvalue weighted by molar-refractivity contribution is -0.129. The highest BCUT2D eigenvalue weighted by molar-refractivity contribution is 14.1. The van der Waals surface area contributed by atoms with E-state index in [-0.39, 0.29) is 18.4 Å². The molecule has 2 aromatic carbocycles. The summed E-state index contributed by atoms with van der Waals surface area (Å²) in [5.41, 5.74) is 2.55. The minimum Gasteiger partial charge on any atom is -0.343 e. The summed E-state index contributed by atoms with van der Waals surface area (Å²) >= 11 is 2.11. The number of imidazole rings is 1. The molecule has 0 aliphatic rings. The molecule has 0 spiro atoms. The number of aromatic nitrogens is 2. The Morgan fingerprint density at radius 3 is 2.59 bits per heavy atom. The third kappa shape index (κ3) is 4.29. The first-order chi connectivity index (χ1) is 13.0. The lowest BCUT2D eigenvalue weighted by Crippen LogP contribution is -2.38. The topological polar surface area (TPSA) is 67.2 Å². The van der Waals surface area contributed by atoms with Gasteiger partial charge in [-0.3, -0.25) is 9.59 Å². The Labute approximate surface area is 171 Å². The van der Waals surface area contributed by atoms with E-state index in [0.29, 0.717) is 12.1 Å². The molecule has 3 aromatic rings. The Morgan fingerprint density at radius 1 is 1.15 bits per heavy atom. The number of fused-ring (bicyclic) bond motifs is 1. The highest BCUT2D eigenvalue weighted by Gasteiger charge is 2.16. The third-order valence-corrected chi connectivity index (χ3v) is 5.31. The molecule has 0 saturated heterocycles. The molecule has 2 amide bonds. The molecule has 1 aromatic heterocycles. The van der Waals surface area contributed by atoms with E-state index < -0.39 is 0 Å². The third-order valence-electron chi connectivity index (χ3n) is 4.37. The Kier molecular flexibility index (Phi) is 6.10. The summed E-state index contributed by atoms with van der Waals surface area (Å²) in [6, 6.07) is 15.2. The summed E-state index contributed by atoms with van der Waals surface area (Å²) in [7, 11) is 1.72. The standard InChI is InChI=1S/C20H21IN4O2/c1-3-25-17-11-7-6-10-16(17)23-18(25)13-24(2)19(26)12-22-20(27)14-8-4-5-9-15(14)21/h4-11H,3,12-13H2,1-2H3,(H,22,27). The van der Waals surface area contributed by atoms with E-state index in [4.69, 9.17) is 0 Å². The van der Waals surface area contributed by atoms with Gasteiger partial charge in [-0.1, -0.05) is 24.3 Å². The van der Waals surface area contributed by atoms with Crippen molar-refractivity contribution in [1.29, 1.82) is 0 Å². The molecule has 27 heavy (non-hydrogen) atoms. The molecule has 3 rings (SSSR count). The summed E-state index contributed by atoms with van der Waals surface area (Å²) < 4.78 is 2.95. The van der Waals surface area contributed by atoms with Crippen LogP contribution in [-0.4, -0.2) is 39.9 Å². The van der Waals surface area contributed by atoms with Crippen LogP contribution in [0.15, 0.2) is 48.5 Å².